The van der Waals surface area contributed by atoms with Gasteiger partial charge >= 0.3 is 0 Å². The molecule has 0 fully saturated rings. The molecule has 0 aliphatic heterocycles. The molecule has 0 unspecified atom stereocenters. The molecule has 0 aromatic heterocycles. The molecule has 2 nitrogen and oxygen atoms in total. The minimum absolute atomic E-state index is 0.151. The topological polar surface area (TPSA) is 32.3 Å². The number of hydrogen-bond donors (Lipinski definition) is 2. The van der Waals surface area contributed by atoms with E-state index in [0.29, 0.717) is 5.56 Å². The molecule has 0 saturated heterocycles. The van der Waals surface area contributed by atoms with Crippen molar-refractivity contribution < 1.29 is 9.60 Å². The van der Waals surface area contributed by atoms with Crippen molar-refractivity contribution in [1.29, 1.82) is 0 Å². The van der Waals surface area contributed by atoms with Gasteiger partial charge in [-0.3, -0.25) is 0 Å². The number of benzene rings is 1. The second-order valence-electron chi connectivity index (χ2n) is 2.37. The van der Waals surface area contributed by atoms with E-state index < -0.39 is 0 Å². The summed E-state index contributed by atoms with van der Waals surface area (Å²) in [5.74, 6) is -0.286. The summed E-state index contributed by atoms with van der Waals surface area (Å²) in [5.41, 5.74) is 3.27. The Hall–Kier alpha value is -0.930. The number of nitrogens with one attached hydrogen (secondary N) is 1. The molecule has 0 radical (unpaired) electrons. The molecule has 0 heterocycles. The summed E-state index contributed by atoms with van der Waals surface area (Å²) in [4.78, 5) is 0. The van der Waals surface area contributed by atoms with Crippen LogP contribution < -0.4 is 5.48 Å². The molecule has 0 amide bonds. The Morgan fingerprint density at radius 2 is 2.27 bits per heavy atom. The fourth-order valence-electron chi connectivity index (χ4n) is 0.969. The fourth-order valence-corrected chi connectivity index (χ4v) is 0.969. The van der Waals surface area contributed by atoms with E-state index in [1.165, 1.54) is 6.07 Å². The minimum Gasteiger partial charge on any atom is -0.316 e. The van der Waals surface area contributed by atoms with Crippen LogP contribution >= 0.6 is 0 Å². The Bertz CT molecular complexity index is 230. The molecule has 0 bridgehead atoms. The van der Waals surface area contributed by atoms with Crippen LogP contribution in [0.15, 0.2) is 18.2 Å². The molecule has 0 atom stereocenters. The first kappa shape index (κ1) is 8.17. The number of hydroxylamine groups is 1. The third-order valence-electron chi connectivity index (χ3n) is 1.61. The summed E-state index contributed by atoms with van der Waals surface area (Å²) < 4.78 is 12.9. The van der Waals surface area contributed by atoms with Crippen molar-refractivity contribution in [2.24, 2.45) is 0 Å². The monoisotopic (exact) mass is 155 g/mol. The normalized spacial score (nSPS) is 10.1. The third kappa shape index (κ3) is 1.76. The molecular formula is C8H10FNO. The van der Waals surface area contributed by atoms with Crippen LogP contribution in [0.25, 0.3) is 0 Å². The molecule has 1 rings (SSSR count). The molecular weight excluding hydrogens is 145 g/mol. The molecule has 1 aromatic carbocycles. The lowest BCUT2D eigenvalue weighted by Gasteiger charge is -2.04. The Morgan fingerprint density at radius 3 is 2.82 bits per heavy atom. The van der Waals surface area contributed by atoms with Gasteiger partial charge < -0.3 is 5.21 Å². The van der Waals surface area contributed by atoms with E-state index in [-0.39, 0.29) is 12.4 Å². The Morgan fingerprint density at radius 1 is 1.55 bits per heavy atom. The molecule has 0 saturated carbocycles. The summed E-state index contributed by atoms with van der Waals surface area (Å²) >= 11 is 0. The maximum absolute atomic E-state index is 12.9. The molecule has 3 heteroatoms. The maximum atomic E-state index is 12.9. The van der Waals surface area contributed by atoms with E-state index in [0.717, 1.165) is 5.56 Å². The van der Waals surface area contributed by atoms with Crippen LogP contribution in [-0.2, 0) is 6.54 Å². The lowest BCUT2D eigenvalue weighted by atomic mass is 10.1. The molecule has 0 aliphatic rings. The van der Waals surface area contributed by atoms with Crippen molar-refractivity contribution in [3.05, 3.63) is 35.1 Å². The summed E-state index contributed by atoms with van der Waals surface area (Å²) in [7, 11) is 0. The third-order valence-corrected chi connectivity index (χ3v) is 1.61. The van der Waals surface area contributed by atoms with E-state index >= 15 is 0 Å². The fraction of sp³-hybridized carbons (Fsp3) is 0.250. The zero-order valence-corrected chi connectivity index (χ0v) is 6.26. The van der Waals surface area contributed by atoms with Crippen LogP contribution in [0.5, 0.6) is 0 Å². The largest absolute Gasteiger partial charge is 0.316 e. The van der Waals surface area contributed by atoms with Gasteiger partial charge in [0.1, 0.15) is 5.82 Å². The van der Waals surface area contributed by atoms with Crippen LogP contribution in [0, 0.1) is 12.7 Å². The Balaban J connectivity index is 3.00. The van der Waals surface area contributed by atoms with E-state index in [2.05, 4.69) is 0 Å². The highest BCUT2D eigenvalue weighted by atomic mass is 19.1. The van der Waals surface area contributed by atoms with Crippen LogP contribution in [-0.4, -0.2) is 5.21 Å². The smallest absolute Gasteiger partial charge is 0.128 e. The second-order valence-corrected chi connectivity index (χ2v) is 2.37. The first-order valence-corrected chi connectivity index (χ1v) is 3.36. The SMILES string of the molecule is Cc1cccc(F)c1CNO. The van der Waals surface area contributed by atoms with Crippen LogP contribution in [0.1, 0.15) is 11.1 Å². The summed E-state index contributed by atoms with van der Waals surface area (Å²) in [6, 6.07) is 4.82. The van der Waals surface area contributed by atoms with Gasteiger partial charge in [-0.15, -0.1) is 0 Å². The van der Waals surface area contributed by atoms with E-state index in [4.69, 9.17) is 5.21 Å². The van der Waals surface area contributed by atoms with E-state index in [1.54, 1.807) is 19.1 Å². The second kappa shape index (κ2) is 3.46. The Kier molecular flexibility index (Phi) is 2.57. The molecule has 0 aliphatic carbocycles. The minimum atomic E-state index is -0.286. The summed E-state index contributed by atoms with van der Waals surface area (Å²) in [6.45, 7) is 1.95. The zero-order valence-electron chi connectivity index (χ0n) is 6.26. The van der Waals surface area contributed by atoms with Crippen molar-refractivity contribution in [2.75, 3.05) is 0 Å². The average molecular weight is 155 g/mol. The van der Waals surface area contributed by atoms with Gasteiger partial charge in [0.25, 0.3) is 0 Å². The quantitative estimate of drug-likeness (QED) is 0.636. The van der Waals surface area contributed by atoms with Gasteiger partial charge in [-0.05, 0) is 18.6 Å². The number of aryl methyl sites for hydroxylation is 1. The summed E-state index contributed by atoms with van der Waals surface area (Å²) in [5, 5.41) is 8.35. The van der Waals surface area contributed by atoms with Crippen LogP contribution in [0.2, 0.25) is 0 Å². The zero-order chi connectivity index (χ0) is 8.27. The molecule has 11 heavy (non-hydrogen) atoms. The summed E-state index contributed by atoms with van der Waals surface area (Å²) in [6.07, 6.45) is 0. The van der Waals surface area contributed by atoms with Gasteiger partial charge in [0.15, 0.2) is 0 Å². The number of hydrogen-bond acceptors (Lipinski definition) is 2. The first-order chi connectivity index (χ1) is 5.25. The first-order valence-electron chi connectivity index (χ1n) is 3.36. The number of halogens is 1. The van der Waals surface area contributed by atoms with Gasteiger partial charge in [0.2, 0.25) is 0 Å². The van der Waals surface area contributed by atoms with Gasteiger partial charge in [0, 0.05) is 12.1 Å². The van der Waals surface area contributed by atoms with Gasteiger partial charge in [-0.2, -0.15) is 0 Å². The molecule has 60 valence electrons. The van der Waals surface area contributed by atoms with Gasteiger partial charge in [-0.1, -0.05) is 12.1 Å². The predicted molar refractivity (Wildman–Crippen MR) is 39.8 cm³/mol. The Labute approximate surface area is 64.6 Å². The lowest BCUT2D eigenvalue weighted by molar-refractivity contribution is 0.159. The maximum Gasteiger partial charge on any atom is 0.128 e. The van der Waals surface area contributed by atoms with Gasteiger partial charge in [-0.25, -0.2) is 9.87 Å². The average Bonchev–Trinajstić information content (AvgIpc) is 1.97. The van der Waals surface area contributed by atoms with E-state index in [9.17, 15) is 4.39 Å². The number of rotatable bonds is 2. The van der Waals surface area contributed by atoms with Crippen molar-refractivity contribution in [2.45, 2.75) is 13.5 Å². The highest BCUT2D eigenvalue weighted by molar-refractivity contribution is 5.26. The standard InChI is InChI=1S/C8H10FNO/c1-6-3-2-4-8(9)7(6)5-10-11/h2-4,10-11H,5H2,1H3. The molecule has 1 aromatic rings. The lowest BCUT2D eigenvalue weighted by Crippen LogP contribution is -2.09. The van der Waals surface area contributed by atoms with Crippen LogP contribution in [0.3, 0.4) is 0 Å². The van der Waals surface area contributed by atoms with Crippen molar-refractivity contribution in [3.63, 3.8) is 0 Å². The molecule has 0 spiro atoms. The predicted octanol–water partition coefficient (Wildman–Crippen LogP) is 1.61. The van der Waals surface area contributed by atoms with Crippen LogP contribution in [0.4, 0.5) is 4.39 Å². The van der Waals surface area contributed by atoms with Crippen molar-refractivity contribution in [3.8, 4) is 0 Å². The van der Waals surface area contributed by atoms with Gasteiger partial charge in [0.05, 0.1) is 0 Å². The highest BCUT2D eigenvalue weighted by Gasteiger charge is 2.02. The molecule has 2 N–H and O–H groups in total. The van der Waals surface area contributed by atoms with Crippen molar-refractivity contribution >= 4 is 0 Å². The highest BCUT2D eigenvalue weighted by Crippen LogP contribution is 2.11. The van der Waals surface area contributed by atoms with E-state index in [1.807, 2.05) is 5.48 Å². The van der Waals surface area contributed by atoms with Crippen molar-refractivity contribution in [1.82, 2.24) is 5.48 Å².